The first-order chi connectivity index (χ1) is 11.8. The Labute approximate surface area is 148 Å². The number of phosphoric acid groups is 2. The number of hydrogen-bond acceptors (Lipinski definition) is 10. The van der Waals surface area contributed by atoms with Crippen LogP contribution in [0.3, 0.4) is 0 Å². The number of aliphatic hydroxyl groups is 6. The predicted molar refractivity (Wildman–Crippen MR) is 83.4 cm³/mol. The van der Waals surface area contributed by atoms with Crippen molar-refractivity contribution in [3.05, 3.63) is 0 Å². The normalized spacial score (nSPS) is 13.3. The minimum absolute atomic E-state index is 0.610. The molecule has 0 unspecified atom stereocenters. The molecule has 0 atom stereocenters. The molecule has 0 aliphatic heterocycles. The third kappa shape index (κ3) is 12.4. The molecule has 0 aromatic heterocycles. The highest BCUT2D eigenvalue weighted by atomic mass is 31.2. The predicted octanol–water partition coefficient (Wildman–Crippen LogP) is -3.88. The molecule has 16 heteroatoms. The second-order valence-corrected chi connectivity index (χ2v) is 7.96. The number of hydrogen-bond donors (Lipinski definition) is 10. The van der Waals surface area contributed by atoms with Crippen molar-refractivity contribution in [2.75, 3.05) is 52.9 Å². The van der Waals surface area contributed by atoms with E-state index < -0.39 is 79.3 Å². The van der Waals surface area contributed by atoms with Crippen LogP contribution in [0.5, 0.6) is 0 Å². The van der Waals surface area contributed by atoms with Gasteiger partial charge in [-0.2, -0.15) is 0 Å². The molecule has 14 nitrogen and oxygen atoms in total. The van der Waals surface area contributed by atoms with Crippen LogP contribution in [0.15, 0.2) is 0 Å². The quantitative estimate of drug-likeness (QED) is 0.132. The largest absolute Gasteiger partial charge is 0.469 e. The standard InChI is InChI=1S/2C5H13O7P/c2*6-1-5(2-7,3-8)4-12-13(9,10)11/h2*6-8H,1-4H2,(H2,9,10,11). The van der Waals surface area contributed by atoms with Gasteiger partial charge >= 0.3 is 15.6 Å². The summed E-state index contributed by atoms with van der Waals surface area (Å²) in [5.74, 6) is 0. The fourth-order valence-electron chi connectivity index (χ4n) is 1.02. The first-order valence-corrected chi connectivity index (χ1v) is 9.89. The van der Waals surface area contributed by atoms with E-state index in [4.69, 9.17) is 50.2 Å². The fourth-order valence-corrected chi connectivity index (χ4v) is 1.90. The van der Waals surface area contributed by atoms with Crippen molar-refractivity contribution in [3.63, 3.8) is 0 Å². The summed E-state index contributed by atoms with van der Waals surface area (Å²) in [6, 6.07) is 0. The molecule has 0 aromatic carbocycles. The Morgan fingerprint density at radius 2 is 0.731 bits per heavy atom. The van der Waals surface area contributed by atoms with Crippen LogP contribution < -0.4 is 0 Å². The molecule has 0 bridgehead atoms. The van der Waals surface area contributed by atoms with Crippen LogP contribution in [0.1, 0.15) is 0 Å². The van der Waals surface area contributed by atoms with Gasteiger partial charge in [-0.25, -0.2) is 9.13 Å². The third-order valence-electron chi connectivity index (χ3n) is 3.09. The van der Waals surface area contributed by atoms with Crippen molar-refractivity contribution in [3.8, 4) is 0 Å². The zero-order chi connectivity index (χ0) is 21.1. The van der Waals surface area contributed by atoms with Gasteiger partial charge in [-0.1, -0.05) is 0 Å². The van der Waals surface area contributed by atoms with Crippen LogP contribution in [0.25, 0.3) is 0 Å². The number of rotatable bonds is 12. The Bertz CT molecular complexity index is 392. The lowest BCUT2D eigenvalue weighted by atomic mass is 9.93. The summed E-state index contributed by atoms with van der Waals surface area (Å²) in [5, 5.41) is 52.3. The van der Waals surface area contributed by atoms with Crippen LogP contribution in [0.4, 0.5) is 0 Å². The molecule has 10 N–H and O–H groups in total. The average Bonchev–Trinajstić information content (AvgIpc) is 2.57. The number of aliphatic hydroxyl groups excluding tert-OH is 6. The summed E-state index contributed by atoms with van der Waals surface area (Å²) in [6.07, 6.45) is 0. The van der Waals surface area contributed by atoms with Crippen LogP contribution >= 0.6 is 15.6 Å². The van der Waals surface area contributed by atoms with Crippen LogP contribution in [-0.4, -0.2) is 103 Å². The topological polar surface area (TPSA) is 255 Å². The first-order valence-electron chi connectivity index (χ1n) is 6.83. The molecule has 0 heterocycles. The smallest absolute Gasteiger partial charge is 0.396 e. The van der Waals surface area contributed by atoms with E-state index in [9.17, 15) is 9.13 Å². The van der Waals surface area contributed by atoms with Crippen molar-refractivity contribution in [2.24, 2.45) is 10.8 Å². The Hall–Kier alpha value is -0.0200. The first kappa shape index (κ1) is 28.2. The average molecular weight is 432 g/mol. The minimum Gasteiger partial charge on any atom is -0.396 e. The molecule has 0 aliphatic carbocycles. The molecule has 160 valence electrons. The van der Waals surface area contributed by atoms with Gasteiger partial charge in [-0.3, -0.25) is 9.05 Å². The van der Waals surface area contributed by atoms with E-state index in [1.54, 1.807) is 0 Å². The molecule has 0 amide bonds. The van der Waals surface area contributed by atoms with E-state index in [1.165, 1.54) is 0 Å². The molecule has 0 rings (SSSR count). The van der Waals surface area contributed by atoms with Gasteiger partial charge < -0.3 is 50.2 Å². The van der Waals surface area contributed by atoms with E-state index in [-0.39, 0.29) is 0 Å². The van der Waals surface area contributed by atoms with Crippen molar-refractivity contribution in [2.45, 2.75) is 0 Å². The maximum Gasteiger partial charge on any atom is 0.469 e. The van der Waals surface area contributed by atoms with Gasteiger partial charge in [0.1, 0.15) is 0 Å². The Morgan fingerprint density at radius 3 is 0.846 bits per heavy atom. The Balaban J connectivity index is 0. The van der Waals surface area contributed by atoms with Crippen LogP contribution in [0.2, 0.25) is 0 Å². The SMILES string of the molecule is O=P(O)(O)OCC(CO)(CO)CO.O=P(O)(O)OCC(CO)(CO)CO. The van der Waals surface area contributed by atoms with E-state index in [0.29, 0.717) is 0 Å². The summed E-state index contributed by atoms with van der Waals surface area (Å²) < 4.78 is 28.6. The van der Waals surface area contributed by atoms with Gasteiger partial charge in [0.05, 0.1) is 63.7 Å². The van der Waals surface area contributed by atoms with Gasteiger partial charge in [0.2, 0.25) is 0 Å². The van der Waals surface area contributed by atoms with Crippen LogP contribution in [0, 0.1) is 10.8 Å². The molecule has 0 fully saturated rings. The van der Waals surface area contributed by atoms with E-state index >= 15 is 0 Å². The Morgan fingerprint density at radius 1 is 0.538 bits per heavy atom. The lowest BCUT2D eigenvalue weighted by Gasteiger charge is -2.26. The maximum absolute atomic E-state index is 10.3. The molecule has 0 saturated heterocycles. The molecule has 0 aromatic rings. The molecule has 0 saturated carbocycles. The van der Waals surface area contributed by atoms with Crippen LogP contribution in [-0.2, 0) is 18.2 Å². The fraction of sp³-hybridized carbons (Fsp3) is 1.00. The zero-order valence-electron chi connectivity index (χ0n) is 13.7. The number of phosphoric ester groups is 2. The van der Waals surface area contributed by atoms with Crippen molar-refractivity contribution in [1.82, 2.24) is 0 Å². The summed E-state index contributed by atoms with van der Waals surface area (Å²) in [4.78, 5) is 33.2. The summed E-state index contributed by atoms with van der Waals surface area (Å²) in [6.45, 7) is -4.97. The van der Waals surface area contributed by atoms with Gasteiger partial charge in [0.15, 0.2) is 0 Å². The molecule has 0 radical (unpaired) electrons. The summed E-state index contributed by atoms with van der Waals surface area (Å²) >= 11 is 0. The highest BCUT2D eigenvalue weighted by Crippen LogP contribution is 2.38. The van der Waals surface area contributed by atoms with E-state index in [2.05, 4.69) is 9.05 Å². The molecular formula is C10H26O14P2. The molecule has 0 aliphatic rings. The maximum atomic E-state index is 10.3. The summed E-state index contributed by atoms with van der Waals surface area (Å²) in [5.41, 5.74) is -2.83. The zero-order valence-corrected chi connectivity index (χ0v) is 15.4. The lowest BCUT2D eigenvalue weighted by Crippen LogP contribution is -2.38. The van der Waals surface area contributed by atoms with E-state index in [1.807, 2.05) is 0 Å². The lowest BCUT2D eigenvalue weighted by molar-refractivity contribution is -0.0325. The summed E-state index contributed by atoms with van der Waals surface area (Å²) in [7, 11) is -9.27. The van der Waals surface area contributed by atoms with Crippen molar-refractivity contribution < 1.29 is 68.4 Å². The minimum atomic E-state index is -4.64. The molecule has 0 spiro atoms. The molecule has 26 heavy (non-hydrogen) atoms. The van der Waals surface area contributed by atoms with E-state index in [0.717, 1.165) is 0 Å². The van der Waals surface area contributed by atoms with Crippen molar-refractivity contribution in [1.29, 1.82) is 0 Å². The van der Waals surface area contributed by atoms with Crippen molar-refractivity contribution >= 4 is 15.6 Å². The van der Waals surface area contributed by atoms with Gasteiger partial charge in [-0.05, 0) is 0 Å². The second-order valence-electron chi connectivity index (χ2n) is 5.48. The van der Waals surface area contributed by atoms with Gasteiger partial charge in [0.25, 0.3) is 0 Å². The monoisotopic (exact) mass is 432 g/mol. The highest BCUT2D eigenvalue weighted by molar-refractivity contribution is 7.46. The molecular weight excluding hydrogens is 406 g/mol. The third-order valence-corrected chi connectivity index (χ3v) is 4.02. The Kier molecular flexibility index (Phi) is 13.5. The highest BCUT2D eigenvalue weighted by Gasteiger charge is 2.32. The second kappa shape index (κ2) is 12.4. The van der Waals surface area contributed by atoms with Gasteiger partial charge in [-0.15, -0.1) is 0 Å². The van der Waals surface area contributed by atoms with Gasteiger partial charge in [0, 0.05) is 0 Å².